The molecule has 134 valence electrons. The molecule has 1 aromatic carbocycles. The zero-order valence-electron chi connectivity index (χ0n) is 14.6. The van der Waals surface area contributed by atoms with Gasteiger partial charge in [0, 0.05) is 35.8 Å². The maximum Gasteiger partial charge on any atom is 0.220 e. The van der Waals surface area contributed by atoms with Gasteiger partial charge in [-0.2, -0.15) is 0 Å². The molecular weight excluding hydrogens is 350 g/mol. The van der Waals surface area contributed by atoms with Gasteiger partial charge in [0.25, 0.3) is 0 Å². The molecule has 0 aliphatic heterocycles. The van der Waals surface area contributed by atoms with Crippen LogP contribution in [0.25, 0.3) is 11.3 Å². The summed E-state index contributed by atoms with van der Waals surface area (Å²) in [6.45, 7) is 2.61. The second-order valence-corrected chi connectivity index (χ2v) is 6.29. The number of methoxy groups -OCH3 is 1. The number of pyridine rings is 1. The number of aromatic nitrogens is 3. The first kappa shape index (κ1) is 18.1. The van der Waals surface area contributed by atoms with Crippen LogP contribution < -0.4 is 10.6 Å². The number of rotatable bonds is 6. The van der Waals surface area contributed by atoms with Crippen molar-refractivity contribution in [3.63, 3.8) is 0 Å². The van der Waals surface area contributed by atoms with E-state index in [1.807, 2.05) is 42.5 Å². The van der Waals surface area contributed by atoms with E-state index in [2.05, 4.69) is 26.8 Å². The number of hydrogen-bond donors (Lipinski definition) is 1. The number of halogens is 1. The van der Waals surface area contributed by atoms with Crippen molar-refractivity contribution in [3.8, 4) is 11.3 Å². The molecule has 0 aliphatic carbocycles. The molecule has 0 saturated heterocycles. The molecule has 0 saturated carbocycles. The predicted molar refractivity (Wildman–Crippen MR) is 105 cm³/mol. The van der Waals surface area contributed by atoms with Crippen molar-refractivity contribution in [1.29, 1.82) is 0 Å². The third-order valence-corrected chi connectivity index (χ3v) is 4.13. The lowest BCUT2D eigenvalue weighted by Gasteiger charge is -2.30. The molecule has 2 N–H and O–H groups in total. The molecule has 1 atom stereocenters. The number of anilines is 3. The minimum atomic E-state index is 0.0525. The maximum absolute atomic E-state index is 6.19. The van der Waals surface area contributed by atoms with Crippen molar-refractivity contribution in [1.82, 2.24) is 15.0 Å². The zero-order valence-corrected chi connectivity index (χ0v) is 15.4. The molecule has 3 rings (SSSR count). The Morgan fingerprint density at radius 3 is 2.69 bits per heavy atom. The van der Waals surface area contributed by atoms with Gasteiger partial charge < -0.3 is 15.4 Å². The van der Waals surface area contributed by atoms with E-state index in [0.717, 1.165) is 22.8 Å². The third kappa shape index (κ3) is 4.09. The minimum absolute atomic E-state index is 0.0525. The largest absolute Gasteiger partial charge is 0.383 e. The Labute approximate surface area is 157 Å². The van der Waals surface area contributed by atoms with Crippen LogP contribution in [0.1, 0.15) is 6.92 Å². The Balaban J connectivity index is 2.05. The third-order valence-electron chi connectivity index (χ3n) is 3.90. The smallest absolute Gasteiger partial charge is 0.220 e. The van der Waals surface area contributed by atoms with E-state index < -0.39 is 0 Å². The summed E-state index contributed by atoms with van der Waals surface area (Å²) in [4.78, 5) is 14.9. The summed E-state index contributed by atoms with van der Waals surface area (Å²) in [7, 11) is 1.68. The first-order chi connectivity index (χ1) is 12.6. The molecule has 7 heteroatoms. The van der Waals surface area contributed by atoms with Gasteiger partial charge in [-0.3, -0.25) is 0 Å². The molecular formula is C19H20ClN5O. The Morgan fingerprint density at radius 1 is 1.15 bits per heavy atom. The first-order valence-electron chi connectivity index (χ1n) is 8.17. The molecule has 2 aromatic heterocycles. The van der Waals surface area contributed by atoms with Gasteiger partial charge >= 0.3 is 0 Å². The lowest BCUT2D eigenvalue weighted by molar-refractivity contribution is 0.184. The van der Waals surface area contributed by atoms with Crippen molar-refractivity contribution in [2.45, 2.75) is 13.0 Å². The molecule has 1 unspecified atom stereocenters. The molecule has 0 radical (unpaired) electrons. The van der Waals surface area contributed by atoms with Gasteiger partial charge in [-0.15, -0.1) is 0 Å². The van der Waals surface area contributed by atoms with Crippen molar-refractivity contribution < 1.29 is 4.74 Å². The van der Waals surface area contributed by atoms with E-state index in [-0.39, 0.29) is 12.0 Å². The van der Waals surface area contributed by atoms with Gasteiger partial charge in [-0.25, -0.2) is 15.0 Å². The van der Waals surface area contributed by atoms with Crippen LogP contribution in [-0.2, 0) is 4.74 Å². The molecule has 0 fully saturated rings. The SMILES string of the molecule is COCC(C)N(c1cccc(Cl)c1)c1cc(-c2ccnc(N)n2)ccn1. The molecule has 0 amide bonds. The highest BCUT2D eigenvalue weighted by molar-refractivity contribution is 6.30. The van der Waals surface area contributed by atoms with Crippen LogP contribution in [-0.4, -0.2) is 34.7 Å². The van der Waals surface area contributed by atoms with Crippen LogP contribution in [0, 0.1) is 0 Å². The Hall–Kier alpha value is -2.70. The fourth-order valence-corrected chi connectivity index (χ4v) is 2.98. The van der Waals surface area contributed by atoms with Gasteiger partial charge in [0.05, 0.1) is 18.3 Å². The highest BCUT2D eigenvalue weighted by Gasteiger charge is 2.19. The summed E-state index contributed by atoms with van der Waals surface area (Å²) in [5, 5.41) is 0.664. The van der Waals surface area contributed by atoms with Crippen LogP contribution in [0.4, 0.5) is 17.5 Å². The number of nitrogens with two attached hydrogens (primary N) is 1. The van der Waals surface area contributed by atoms with Gasteiger partial charge in [-0.05, 0) is 43.3 Å². The first-order valence-corrected chi connectivity index (χ1v) is 8.55. The topological polar surface area (TPSA) is 77.2 Å². The monoisotopic (exact) mass is 369 g/mol. The van der Waals surface area contributed by atoms with Crippen molar-refractivity contribution in [2.24, 2.45) is 0 Å². The van der Waals surface area contributed by atoms with Crippen LogP contribution in [0.5, 0.6) is 0 Å². The van der Waals surface area contributed by atoms with E-state index in [0.29, 0.717) is 11.6 Å². The Kier molecular flexibility index (Phi) is 5.65. The molecule has 3 aromatic rings. The summed E-state index contributed by atoms with van der Waals surface area (Å²) >= 11 is 6.19. The summed E-state index contributed by atoms with van der Waals surface area (Å²) in [5.41, 5.74) is 8.29. The van der Waals surface area contributed by atoms with E-state index in [4.69, 9.17) is 22.1 Å². The molecule has 0 bridgehead atoms. The second-order valence-electron chi connectivity index (χ2n) is 5.86. The molecule has 0 aliphatic rings. The maximum atomic E-state index is 6.19. The van der Waals surface area contributed by atoms with Gasteiger partial charge in [0.2, 0.25) is 5.95 Å². The summed E-state index contributed by atoms with van der Waals surface area (Å²) in [5.74, 6) is 1.01. The Morgan fingerprint density at radius 2 is 1.96 bits per heavy atom. The zero-order chi connectivity index (χ0) is 18.5. The van der Waals surface area contributed by atoms with Crippen molar-refractivity contribution >= 4 is 29.1 Å². The lowest BCUT2D eigenvalue weighted by atomic mass is 10.1. The van der Waals surface area contributed by atoms with Crippen LogP contribution in [0.15, 0.2) is 54.9 Å². The van der Waals surface area contributed by atoms with Crippen molar-refractivity contribution in [3.05, 3.63) is 59.9 Å². The molecule has 26 heavy (non-hydrogen) atoms. The van der Waals surface area contributed by atoms with E-state index in [9.17, 15) is 0 Å². The number of ether oxygens (including phenoxy) is 1. The quantitative estimate of drug-likeness (QED) is 0.709. The molecule has 2 heterocycles. The summed E-state index contributed by atoms with van der Waals surface area (Å²) < 4.78 is 5.35. The predicted octanol–water partition coefficient (Wildman–Crippen LogP) is 3.95. The summed E-state index contributed by atoms with van der Waals surface area (Å²) in [6.07, 6.45) is 3.39. The summed E-state index contributed by atoms with van der Waals surface area (Å²) in [6, 6.07) is 13.4. The van der Waals surface area contributed by atoms with E-state index in [1.165, 1.54) is 0 Å². The standard InChI is InChI=1S/C19H20ClN5O/c1-13(12-26-2)25(16-5-3-4-15(20)11-16)18-10-14(6-8-22-18)17-7-9-23-19(21)24-17/h3-11,13H,12H2,1-2H3,(H2,21,23,24). The minimum Gasteiger partial charge on any atom is -0.383 e. The fraction of sp³-hybridized carbons (Fsp3) is 0.211. The van der Waals surface area contributed by atoms with Gasteiger partial charge in [-0.1, -0.05) is 17.7 Å². The highest BCUT2D eigenvalue weighted by Crippen LogP contribution is 2.31. The van der Waals surface area contributed by atoms with Crippen LogP contribution >= 0.6 is 11.6 Å². The van der Waals surface area contributed by atoms with Crippen molar-refractivity contribution in [2.75, 3.05) is 24.4 Å². The fourth-order valence-electron chi connectivity index (χ4n) is 2.80. The lowest BCUT2D eigenvalue weighted by Crippen LogP contribution is -2.32. The van der Waals surface area contributed by atoms with E-state index >= 15 is 0 Å². The normalized spacial score (nSPS) is 12.0. The van der Waals surface area contributed by atoms with E-state index in [1.54, 1.807) is 19.5 Å². The van der Waals surface area contributed by atoms with Crippen LogP contribution in [0.2, 0.25) is 5.02 Å². The Bertz CT molecular complexity index is 889. The van der Waals surface area contributed by atoms with Gasteiger partial charge in [0.1, 0.15) is 5.82 Å². The molecule has 0 spiro atoms. The highest BCUT2D eigenvalue weighted by atomic mass is 35.5. The number of nitrogens with zero attached hydrogens (tertiary/aromatic N) is 4. The number of hydrogen-bond acceptors (Lipinski definition) is 6. The second kappa shape index (κ2) is 8.12. The number of benzene rings is 1. The van der Waals surface area contributed by atoms with Gasteiger partial charge in [0.15, 0.2) is 0 Å². The average Bonchev–Trinajstić information content (AvgIpc) is 2.62. The molecule has 6 nitrogen and oxygen atoms in total. The number of nitrogen functional groups attached to an aromatic ring is 1. The average molecular weight is 370 g/mol. The van der Waals surface area contributed by atoms with Crippen LogP contribution in [0.3, 0.4) is 0 Å².